The van der Waals surface area contributed by atoms with Crippen LogP contribution in [0.1, 0.15) is 25.3 Å². The average molecular weight is 293 g/mol. The van der Waals surface area contributed by atoms with Crippen molar-refractivity contribution >= 4 is 39.2 Å². The van der Waals surface area contributed by atoms with Crippen LogP contribution in [-0.4, -0.2) is 21.1 Å². The highest BCUT2D eigenvalue weighted by atomic mass is 16.2. The van der Waals surface area contributed by atoms with Crippen molar-refractivity contribution in [3.63, 3.8) is 0 Å². The molecule has 110 valence electrons. The Morgan fingerprint density at radius 3 is 2.82 bits per heavy atom. The van der Waals surface area contributed by atoms with E-state index in [1.54, 1.807) is 6.20 Å². The lowest BCUT2D eigenvalue weighted by molar-refractivity contribution is -0.131. The lowest BCUT2D eigenvalue weighted by Crippen LogP contribution is -2.27. The van der Waals surface area contributed by atoms with E-state index < -0.39 is 0 Å². The molecule has 0 aliphatic heterocycles. The lowest BCUT2D eigenvalue weighted by Gasteiger charge is -2.22. The second kappa shape index (κ2) is 4.66. The van der Waals surface area contributed by atoms with Crippen LogP contribution in [0.15, 0.2) is 36.5 Å². The van der Waals surface area contributed by atoms with Crippen molar-refractivity contribution in [3.05, 3.63) is 36.5 Å². The van der Waals surface area contributed by atoms with Crippen LogP contribution >= 0.6 is 0 Å². The summed E-state index contributed by atoms with van der Waals surface area (Å²) in [6.45, 7) is 0. The quantitative estimate of drug-likeness (QED) is 0.700. The second-order valence-electron chi connectivity index (χ2n) is 5.76. The number of hydrogen-bond acceptors (Lipinski definition) is 4. The standard InChI is InChI=1S/C17H15N3O2/c18-10-7-13-12-3-1-2-4-14(12)20(17(13)19-9-10)15-6-5-11(21)8-16(15)22/h1-4,7,9,15H,5-6,8,18H2. The van der Waals surface area contributed by atoms with Gasteiger partial charge in [-0.2, -0.15) is 0 Å². The molecule has 5 heteroatoms. The Bertz CT molecular complexity index is 926. The fourth-order valence-corrected chi connectivity index (χ4v) is 3.34. The van der Waals surface area contributed by atoms with Crippen molar-refractivity contribution in [2.24, 2.45) is 0 Å². The number of nitrogens with zero attached hydrogens (tertiary/aromatic N) is 2. The number of rotatable bonds is 1. The molecule has 2 N–H and O–H groups in total. The number of carbonyl (C=O) groups is 2. The van der Waals surface area contributed by atoms with Crippen LogP contribution in [0.25, 0.3) is 21.9 Å². The van der Waals surface area contributed by atoms with Gasteiger partial charge >= 0.3 is 0 Å². The van der Waals surface area contributed by atoms with Crippen molar-refractivity contribution < 1.29 is 9.59 Å². The number of carbonyl (C=O) groups excluding carboxylic acids is 2. The Kier molecular flexibility index (Phi) is 2.76. The highest BCUT2D eigenvalue weighted by Gasteiger charge is 2.30. The van der Waals surface area contributed by atoms with E-state index in [1.807, 2.05) is 34.9 Å². The molecule has 0 saturated heterocycles. The van der Waals surface area contributed by atoms with Gasteiger partial charge in [0.1, 0.15) is 11.4 Å². The third-order valence-electron chi connectivity index (χ3n) is 4.32. The van der Waals surface area contributed by atoms with E-state index in [0.29, 0.717) is 18.5 Å². The van der Waals surface area contributed by atoms with Crippen LogP contribution in [-0.2, 0) is 9.59 Å². The number of pyridine rings is 1. The van der Waals surface area contributed by atoms with Crippen LogP contribution in [0, 0.1) is 0 Å². The molecule has 1 atom stereocenters. The Balaban J connectivity index is 2.03. The third-order valence-corrected chi connectivity index (χ3v) is 4.32. The Hall–Kier alpha value is -2.69. The van der Waals surface area contributed by atoms with E-state index >= 15 is 0 Å². The van der Waals surface area contributed by atoms with Gasteiger partial charge < -0.3 is 10.3 Å². The largest absolute Gasteiger partial charge is 0.397 e. The molecule has 2 heterocycles. The number of hydrogen-bond donors (Lipinski definition) is 1. The molecule has 0 amide bonds. The zero-order valence-electron chi connectivity index (χ0n) is 12.0. The minimum Gasteiger partial charge on any atom is -0.397 e. The predicted molar refractivity (Wildman–Crippen MR) is 84.6 cm³/mol. The Morgan fingerprint density at radius 2 is 2.00 bits per heavy atom. The molecule has 1 unspecified atom stereocenters. The molecular weight excluding hydrogens is 278 g/mol. The van der Waals surface area contributed by atoms with Gasteiger partial charge in [0.2, 0.25) is 0 Å². The molecule has 1 fully saturated rings. The number of ketones is 2. The first-order valence-electron chi connectivity index (χ1n) is 7.34. The van der Waals surface area contributed by atoms with Gasteiger partial charge in [-0.25, -0.2) is 4.98 Å². The van der Waals surface area contributed by atoms with Gasteiger partial charge in [-0.1, -0.05) is 18.2 Å². The highest BCUT2D eigenvalue weighted by Crippen LogP contribution is 2.35. The Morgan fingerprint density at radius 1 is 1.18 bits per heavy atom. The summed E-state index contributed by atoms with van der Waals surface area (Å²) in [6, 6.07) is 9.46. The van der Waals surface area contributed by atoms with Crippen molar-refractivity contribution in [2.75, 3.05) is 5.73 Å². The molecular formula is C17H15N3O2. The number of para-hydroxylation sites is 1. The van der Waals surface area contributed by atoms with E-state index in [4.69, 9.17) is 5.73 Å². The molecule has 1 aliphatic rings. The fourth-order valence-electron chi connectivity index (χ4n) is 3.34. The SMILES string of the molecule is Nc1cnc2c(c1)c1ccccc1n2C1CCC(=O)CC1=O. The van der Waals surface area contributed by atoms with Gasteiger partial charge in [0.25, 0.3) is 0 Å². The van der Waals surface area contributed by atoms with Crippen LogP contribution in [0.4, 0.5) is 5.69 Å². The molecule has 2 aromatic heterocycles. The number of nitrogens with two attached hydrogens (primary N) is 1. The smallest absolute Gasteiger partial charge is 0.163 e. The molecule has 1 aromatic carbocycles. The van der Waals surface area contributed by atoms with Gasteiger partial charge in [-0.15, -0.1) is 0 Å². The maximum atomic E-state index is 12.4. The molecule has 0 radical (unpaired) electrons. The number of anilines is 1. The van der Waals surface area contributed by atoms with Crippen LogP contribution in [0.5, 0.6) is 0 Å². The van der Waals surface area contributed by atoms with Crippen molar-refractivity contribution in [2.45, 2.75) is 25.3 Å². The summed E-state index contributed by atoms with van der Waals surface area (Å²) in [5.41, 5.74) is 8.18. The van der Waals surface area contributed by atoms with E-state index in [-0.39, 0.29) is 24.0 Å². The van der Waals surface area contributed by atoms with Crippen molar-refractivity contribution in [1.82, 2.24) is 9.55 Å². The zero-order chi connectivity index (χ0) is 15.3. The molecule has 4 rings (SSSR count). The van der Waals surface area contributed by atoms with Gasteiger partial charge in [-0.05, 0) is 18.6 Å². The molecule has 0 spiro atoms. The first-order valence-corrected chi connectivity index (χ1v) is 7.34. The average Bonchev–Trinajstić information content (AvgIpc) is 2.82. The van der Waals surface area contributed by atoms with Crippen LogP contribution < -0.4 is 5.73 Å². The van der Waals surface area contributed by atoms with Crippen molar-refractivity contribution in [1.29, 1.82) is 0 Å². The van der Waals surface area contributed by atoms with Gasteiger partial charge in [-0.3, -0.25) is 9.59 Å². The van der Waals surface area contributed by atoms with Gasteiger partial charge in [0.05, 0.1) is 29.9 Å². The minimum atomic E-state index is -0.323. The van der Waals surface area contributed by atoms with Gasteiger partial charge in [0, 0.05) is 17.2 Å². The van der Waals surface area contributed by atoms with E-state index in [0.717, 1.165) is 21.9 Å². The summed E-state index contributed by atoms with van der Waals surface area (Å²) in [5, 5.41) is 1.97. The van der Waals surface area contributed by atoms with Crippen LogP contribution in [0.3, 0.4) is 0 Å². The zero-order valence-corrected chi connectivity index (χ0v) is 12.0. The second-order valence-corrected chi connectivity index (χ2v) is 5.76. The first kappa shape index (κ1) is 13.0. The first-order chi connectivity index (χ1) is 10.6. The topological polar surface area (TPSA) is 78.0 Å². The highest BCUT2D eigenvalue weighted by molar-refractivity contribution is 6.10. The maximum Gasteiger partial charge on any atom is 0.163 e. The number of Topliss-reactive ketones (excluding diaryl/α,β-unsaturated/α-hetero) is 2. The summed E-state index contributed by atoms with van der Waals surface area (Å²) in [6.07, 6.45) is 2.61. The molecule has 22 heavy (non-hydrogen) atoms. The summed E-state index contributed by atoms with van der Waals surface area (Å²) in [4.78, 5) is 28.3. The molecule has 3 aromatic rings. The number of fused-ring (bicyclic) bond motifs is 3. The van der Waals surface area contributed by atoms with Crippen molar-refractivity contribution in [3.8, 4) is 0 Å². The van der Waals surface area contributed by atoms with Gasteiger partial charge in [0.15, 0.2) is 5.78 Å². The predicted octanol–water partition coefficient (Wildman–Crippen LogP) is 2.63. The number of nitrogen functional groups attached to an aromatic ring is 1. The normalized spacial score (nSPS) is 19.2. The molecule has 5 nitrogen and oxygen atoms in total. The summed E-state index contributed by atoms with van der Waals surface area (Å²) in [5.74, 6) is -0.00301. The monoisotopic (exact) mass is 293 g/mol. The summed E-state index contributed by atoms with van der Waals surface area (Å²) < 4.78 is 1.97. The molecule has 1 aliphatic carbocycles. The van der Waals surface area contributed by atoms with Crippen LogP contribution in [0.2, 0.25) is 0 Å². The fraction of sp³-hybridized carbons (Fsp3) is 0.235. The third kappa shape index (κ3) is 1.82. The minimum absolute atomic E-state index is 0.0215. The number of benzene rings is 1. The summed E-state index contributed by atoms with van der Waals surface area (Å²) >= 11 is 0. The number of aromatic nitrogens is 2. The molecule has 0 bridgehead atoms. The van der Waals surface area contributed by atoms with E-state index in [9.17, 15) is 9.59 Å². The molecule has 1 saturated carbocycles. The Labute approximate surface area is 126 Å². The lowest BCUT2D eigenvalue weighted by atomic mass is 9.93. The summed E-state index contributed by atoms with van der Waals surface area (Å²) in [7, 11) is 0. The van der Waals surface area contributed by atoms with E-state index in [1.165, 1.54) is 0 Å². The van der Waals surface area contributed by atoms with E-state index in [2.05, 4.69) is 4.98 Å². The maximum absolute atomic E-state index is 12.4.